The Labute approximate surface area is 140 Å². The number of aromatic nitrogens is 3. The summed E-state index contributed by atoms with van der Waals surface area (Å²) in [5, 5.41) is 12.1. The lowest BCUT2D eigenvalue weighted by molar-refractivity contribution is 0.0772. The van der Waals surface area contributed by atoms with Crippen LogP contribution in [-0.2, 0) is 0 Å². The van der Waals surface area contributed by atoms with Crippen LogP contribution in [0.15, 0.2) is 22.7 Å². The van der Waals surface area contributed by atoms with Crippen molar-refractivity contribution in [3.63, 3.8) is 0 Å². The van der Waals surface area contributed by atoms with E-state index in [1.807, 2.05) is 12.1 Å². The lowest BCUT2D eigenvalue weighted by Crippen LogP contribution is -2.29. The number of nitrogens with zero attached hydrogens (tertiary/aromatic N) is 4. The Morgan fingerprint density at radius 1 is 1.33 bits per heavy atom. The van der Waals surface area contributed by atoms with Gasteiger partial charge in [-0.3, -0.25) is 4.79 Å². The highest BCUT2D eigenvalue weighted by molar-refractivity contribution is 5.92. The molecule has 1 aliphatic heterocycles. The van der Waals surface area contributed by atoms with E-state index in [-0.39, 0.29) is 5.91 Å². The van der Waals surface area contributed by atoms with E-state index < -0.39 is 0 Å². The third-order valence-electron chi connectivity index (χ3n) is 4.54. The highest BCUT2D eigenvalue weighted by atomic mass is 16.5. The van der Waals surface area contributed by atoms with Crippen molar-refractivity contribution in [2.45, 2.75) is 32.1 Å². The summed E-state index contributed by atoms with van der Waals surface area (Å²) in [6.07, 6.45) is 3.34. The minimum absolute atomic E-state index is 0.0806. The Balaban J connectivity index is 1.28. The molecule has 0 radical (unpaired) electrons. The fourth-order valence-electron chi connectivity index (χ4n) is 2.99. The van der Waals surface area contributed by atoms with Crippen LogP contribution in [0.5, 0.6) is 5.88 Å². The van der Waals surface area contributed by atoms with Gasteiger partial charge in [-0.15, -0.1) is 5.10 Å². The molecule has 126 valence electrons. The zero-order valence-electron chi connectivity index (χ0n) is 13.6. The smallest absolute Gasteiger partial charge is 0.276 e. The van der Waals surface area contributed by atoms with Crippen molar-refractivity contribution in [3.05, 3.63) is 35.3 Å². The zero-order valence-corrected chi connectivity index (χ0v) is 13.6. The van der Waals surface area contributed by atoms with Gasteiger partial charge >= 0.3 is 0 Å². The Bertz CT molecular complexity index is 724. The van der Waals surface area contributed by atoms with Crippen molar-refractivity contribution in [2.24, 2.45) is 5.92 Å². The first-order chi connectivity index (χ1) is 11.7. The van der Waals surface area contributed by atoms with Gasteiger partial charge in [0, 0.05) is 37.1 Å². The van der Waals surface area contributed by atoms with Gasteiger partial charge in [0.05, 0.1) is 12.3 Å². The fourth-order valence-corrected chi connectivity index (χ4v) is 2.99. The second kappa shape index (κ2) is 6.22. The van der Waals surface area contributed by atoms with Crippen LogP contribution in [0.25, 0.3) is 0 Å². The molecule has 2 aromatic heterocycles. The molecular formula is C17H20N4O3. The number of hydrogen-bond donors (Lipinski definition) is 0. The summed E-state index contributed by atoms with van der Waals surface area (Å²) in [5.74, 6) is 2.01. The molecule has 1 saturated heterocycles. The van der Waals surface area contributed by atoms with Crippen LogP contribution >= 0.6 is 0 Å². The molecule has 0 bridgehead atoms. The largest absolute Gasteiger partial charge is 0.476 e. The van der Waals surface area contributed by atoms with Crippen molar-refractivity contribution in [3.8, 4) is 5.88 Å². The minimum atomic E-state index is -0.0806. The van der Waals surface area contributed by atoms with Gasteiger partial charge in [-0.05, 0) is 32.3 Å². The molecule has 7 nitrogen and oxygen atoms in total. The normalized spacial score (nSPS) is 20.4. The number of ether oxygens (including phenoxy) is 1. The monoisotopic (exact) mass is 328 g/mol. The van der Waals surface area contributed by atoms with E-state index >= 15 is 0 Å². The Hall–Kier alpha value is -2.44. The SMILES string of the molecule is Cc1cc(C(=O)N2CCC(COc3ccc(C4CC4)nn3)C2)no1. The number of rotatable bonds is 5. The maximum Gasteiger partial charge on any atom is 0.276 e. The molecule has 1 unspecified atom stereocenters. The second-order valence-electron chi connectivity index (χ2n) is 6.61. The third kappa shape index (κ3) is 3.25. The summed E-state index contributed by atoms with van der Waals surface area (Å²) in [5.41, 5.74) is 1.43. The quantitative estimate of drug-likeness (QED) is 0.837. The molecule has 2 aliphatic rings. The first kappa shape index (κ1) is 15.1. The predicted molar refractivity (Wildman–Crippen MR) is 84.8 cm³/mol. The second-order valence-corrected chi connectivity index (χ2v) is 6.61. The molecule has 4 rings (SSSR count). The zero-order chi connectivity index (χ0) is 16.5. The summed E-state index contributed by atoms with van der Waals surface area (Å²) in [6, 6.07) is 5.55. The van der Waals surface area contributed by atoms with Crippen LogP contribution in [0, 0.1) is 12.8 Å². The standard InChI is InChI=1S/C17H20N4O3/c1-11-8-15(20-24-11)17(22)21-7-6-12(9-21)10-23-16-5-4-14(18-19-16)13-2-3-13/h4-5,8,12-13H,2-3,6-7,9-10H2,1H3. The van der Waals surface area contributed by atoms with Crippen LogP contribution in [0.2, 0.25) is 0 Å². The summed E-state index contributed by atoms with van der Waals surface area (Å²) >= 11 is 0. The van der Waals surface area contributed by atoms with Gasteiger partial charge in [-0.25, -0.2) is 0 Å². The molecule has 24 heavy (non-hydrogen) atoms. The number of amides is 1. The lowest BCUT2D eigenvalue weighted by Gasteiger charge is -2.15. The molecule has 0 aromatic carbocycles. The molecule has 1 atom stereocenters. The average molecular weight is 328 g/mol. The molecule has 2 aromatic rings. The predicted octanol–water partition coefficient (Wildman–Crippen LogP) is 2.19. The van der Waals surface area contributed by atoms with E-state index in [4.69, 9.17) is 9.26 Å². The number of carbonyl (C=O) groups is 1. The number of likely N-dealkylation sites (tertiary alicyclic amines) is 1. The highest BCUT2D eigenvalue weighted by Gasteiger charge is 2.29. The Morgan fingerprint density at radius 3 is 2.88 bits per heavy atom. The van der Waals surface area contributed by atoms with Crippen molar-refractivity contribution in [1.82, 2.24) is 20.3 Å². The topological polar surface area (TPSA) is 81.4 Å². The maximum atomic E-state index is 12.3. The highest BCUT2D eigenvalue weighted by Crippen LogP contribution is 2.38. The van der Waals surface area contributed by atoms with Gasteiger partial charge in [-0.1, -0.05) is 5.16 Å². The third-order valence-corrected chi connectivity index (χ3v) is 4.54. The van der Waals surface area contributed by atoms with Gasteiger partial charge in [0.15, 0.2) is 5.69 Å². The van der Waals surface area contributed by atoms with Crippen LogP contribution in [0.3, 0.4) is 0 Å². The average Bonchev–Trinajstić information content (AvgIpc) is 3.18. The number of carbonyl (C=O) groups excluding carboxylic acids is 1. The van der Waals surface area contributed by atoms with Crippen LogP contribution in [0.1, 0.15) is 47.1 Å². The summed E-state index contributed by atoms with van der Waals surface area (Å²) in [6.45, 7) is 3.70. The molecule has 7 heteroatoms. The lowest BCUT2D eigenvalue weighted by atomic mass is 10.1. The van der Waals surface area contributed by atoms with E-state index in [0.29, 0.717) is 48.9 Å². The fraction of sp³-hybridized carbons (Fsp3) is 0.529. The van der Waals surface area contributed by atoms with Gasteiger partial charge in [0.25, 0.3) is 5.91 Å². The van der Waals surface area contributed by atoms with Crippen molar-refractivity contribution < 1.29 is 14.1 Å². The Kier molecular flexibility index (Phi) is 3.92. The van der Waals surface area contributed by atoms with Crippen LogP contribution < -0.4 is 4.74 Å². The van der Waals surface area contributed by atoms with E-state index in [1.165, 1.54) is 12.8 Å². The van der Waals surface area contributed by atoms with Gasteiger partial charge in [-0.2, -0.15) is 5.10 Å². The van der Waals surface area contributed by atoms with Gasteiger partial charge in [0.2, 0.25) is 5.88 Å². The maximum absolute atomic E-state index is 12.3. The van der Waals surface area contributed by atoms with E-state index in [1.54, 1.807) is 17.9 Å². The summed E-state index contributed by atoms with van der Waals surface area (Å²) < 4.78 is 10.7. The first-order valence-electron chi connectivity index (χ1n) is 8.38. The molecule has 0 N–H and O–H groups in total. The van der Waals surface area contributed by atoms with E-state index in [9.17, 15) is 4.79 Å². The minimum Gasteiger partial charge on any atom is -0.476 e. The number of hydrogen-bond acceptors (Lipinski definition) is 6. The van der Waals surface area contributed by atoms with Crippen LogP contribution in [0.4, 0.5) is 0 Å². The number of aryl methyl sites for hydroxylation is 1. The Morgan fingerprint density at radius 2 is 2.21 bits per heavy atom. The molecule has 1 saturated carbocycles. The van der Waals surface area contributed by atoms with Gasteiger partial charge < -0.3 is 14.2 Å². The van der Waals surface area contributed by atoms with E-state index in [2.05, 4.69) is 15.4 Å². The molecule has 2 fully saturated rings. The van der Waals surface area contributed by atoms with E-state index in [0.717, 1.165) is 12.1 Å². The molecule has 0 spiro atoms. The van der Waals surface area contributed by atoms with Crippen LogP contribution in [-0.4, -0.2) is 45.9 Å². The van der Waals surface area contributed by atoms with Crippen molar-refractivity contribution in [1.29, 1.82) is 0 Å². The first-order valence-corrected chi connectivity index (χ1v) is 8.38. The molecular weight excluding hydrogens is 308 g/mol. The summed E-state index contributed by atoms with van der Waals surface area (Å²) in [4.78, 5) is 14.1. The molecule has 1 amide bonds. The van der Waals surface area contributed by atoms with Crippen molar-refractivity contribution >= 4 is 5.91 Å². The summed E-state index contributed by atoms with van der Waals surface area (Å²) in [7, 11) is 0. The van der Waals surface area contributed by atoms with Crippen molar-refractivity contribution in [2.75, 3.05) is 19.7 Å². The molecule has 1 aliphatic carbocycles. The van der Waals surface area contributed by atoms with Gasteiger partial charge in [0.1, 0.15) is 5.76 Å². The molecule has 3 heterocycles.